The van der Waals surface area contributed by atoms with E-state index in [0.29, 0.717) is 12.0 Å². The smallest absolute Gasteiger partial charge is 0.242 e. The lowest BCUT2D eigenvalue weighted by Crippen LogP contribution is -2.45. The second-order valence-electron chi connectivity index (χ2n) is 5.06. The third-order valence-electron chi connectivity index (χ3n) is 3.89. The van der Waals surface area contributed by atoms with Crippen molar-refractivity contribution in [1.82, 2.24) is 5.32 Å². The molecule has 2 rings (SSSR count). The van der Waals surface area contributed by atoms with Gasteiger partial charge in [0.25, 0.3) is 0 Å². The minimum atomic E-state index is -0.510. The average molecular weight is 266 g/mol. The maximum absolute atomic E-state index is 12.1. The molecule has 3 atom stereocenters. The first-order chi connectivity index (χ1) is 8.72. The first-order valence-corrected chi connectivity index (χ1v) is 7.69. The van der Waals surface area contributed by atoms with Gasteiger partial charge in [-0.15, -0.1) is 11.3 Å². The Bertz CT molecular complexity index is 377. The molecule has 1 aromatic heterocycles. The lowest BCUT2D eigenvalue weighted by molar-refractivity contribution is -0.123. The molecule has 1 saturated carbocycles. The number of thiophene rings is 1. The summed E-state index contributed by atoms with van der Waals surface area (Å²) in [6.07, 6.45) is 5.98. The predicted octanol–water partition coefficient (Wildman–Crippen LogP) is 2.83. The van der Waals surface area contributed by atoms with E-state index in [4.69, 9.17) is 5.73 Å². The van der Waals surface area contributed by atoms with Gasteiger partial charge in [-0.05, 0) is 30.2 Å². The summed E-state index contributed by atoms with van der Waals surface area (Å²) in [6.45, 7) is 2.20. The first-order valence-electron chi connectivity index (χ1n) is 6.81. The molecule has 18 heavy (non-hydrogen) atoms. The minimum Gasteiger partial charge on any atom is -0.351 e. The number of carbonyl (C=O) groups excluding carboxylic acids is 1. The van der Waals surface area contributed by atoms with E-state index in [1.54, 1.807) is 11.3 Å². The topological polar surface area (TPSA) is 55.1 Å². The maximum Gasteiger partial charge on any atom is 0.242 e. The molecule has 4 heteroatoms. The van der Waals surface area contributed by atoms with E-state index in [-0.39, 0.29) is 5.91 Å². The molecule has 1 aliphatic rings. The molecule has 1 heterocycles. The van der Waals surface area contributed by atoms with E-state index in [2.05, 4.69) is 12.2 Å². The van der Waals surface area contributed by atoms with Crippen molar-refractivity contribution in [3.8, 4) is 0 Å². The van der Waals surface area contributed by atoms with Crippen LogP contribution < -0.4 is 11.1 Å². The molecule has 1 amide bonds. The number of nitrogens with one attached hydrogen (secondary N) is 1. The van der Waals surface area contributed by atoms with Crippen LogP contribution in [0.2, 0.25) is 0 Å². The standard InChI is InChI=1S/C14H22N2OS/c1-2-10-6-3-4-7-11(10)16-14(17)13(15)12-8-5-9-18-12/h5,8-11,13H,2-4,6-7,15H2,1H3,(H,16,17). The minimum absolute atomic E-state index is 0.0252. The van der Waals surface area contributed by atoms with Crippen LogP contribution in [0.4, 0.5) is 0 Å². The summed E-state index contributed by atoms with van der Waals surface area (Å²) >= 11 is 1.54. The van der Waals surface area contributed by atoms with Crippen LogP contribution in [0.5, 0.6) is 0 Å². The molecule has 3 N–H and O–H groups in total. The molecule has 1 fully saturated rings. The van der Waals surface area contributed by atoms with Gasteiger partial charge in [0.2, 0.25) is 5.91 Å². The largest absolute Gasteiger partial charge is 0.351 e. The van der Waals surface area contributed by atoms with Crippen molar-refractivity contribution in [3.63, 3.8) is 0 Å². The van der Waals surface area contributed by atoms with Crippen LogP contribution in [-0.4, -0.2) is 11.9 Å². The fourth-order valence-electron chi connectivity index (χ4n) is 2.76. The van der Waals surface area contributed by atoms with Crippen molar-refractivity contribution in [2.24, 2.45) is 11.7 Å². The zero-order valence-electron chi connectivity index (χ0n) is 10.9. The van der Waals surface area contributed by atoms with Crippen LogP contribution in [0.3, 0.4) is 0 Å². The van der Waals surface area contributed by atoms with E-state index in [9.17, 15) is 4.79 Å². The zero-order chi connectivity index (χ0) is 13.0. The normalized spacial score (nSPS) is 25.7. The Kier molecular flexibility index (Phi) is 4.78. The highest BCUT2D eigenvalue weighted by molar-refractivity contribution is 7.10. The highest BCUT2D eigenvalue weighted by Gasteiger charge is 2.27. The highest BCUT2D eigenvalue weighted by Crippen LogP contribution is 2.27. The van der Waals surface area contributed by atoms with Crippen LogP contribution in [-0.2, 0) is 4.79 Å². The molecular formula is C14H22N2OS. The molecule has 100 valence electrons. The first kappa shape index (κ1) is 13.6. The lowest BCUT2D eigenvalue weighted by atomic mass is 9.83. The van der Waals surface area contributed by atoms with Gasteiger partial charge >= 0.3 is 0 Å². The van der Waals surface area contributed by atoms with Crippen LogP contribution in [0.15, 0.2) is 17.5 Å². The Hall–Kier alpha value is -0.870. The second kappa shape index (κ2) is 6.34. The van der Waals surface area contributed by atoms with Crippen molar-refractivity contribution in [2.45, 2.75) is 51.1 Å². The van der Waals surface area contributed by atoms with Gasteiger partial charge in [-0.3, -0.25) is 4.79 Å². The van der Waals surface area contributed by atoms with E-state index in [1.807, 2.05) is 17.5 Å². The van der Waals surface area contributed by atoms with Crippen LogP contribution in [0.1, 0.15) is 49.9 Å². The SMILES string of the molecule is CCC1CCCCC1NC(=O)C(N)c1cccs1. The Morgan fingerprint density at radius 2 is 2.33 bits per heavy atom. The molecule has 3 nitrogen and oxygen atoms in total. The molecule has 0 aliphatic heterocycles. The van der Waals surface area contributed by atoms with E-state index < -0.39 is 6.04 Å². The van der Waals surface area contributed by atoms with E-state index >= 15 is 0 Å². The van der Waals surface area contributed by atoms with Crippen molar-refractivity contribution < 1.29 is 4.79 Å². The highest BCUT2D eigenvalue weighted by atomic mass is 32.1. The van der Waals surface area contributed by atoms with Gasteiger partial charge in [0.1, 0.15) is 6.04 Å². The van der Waals surface area contributed by atoms with E-state index in [0.717, 1.165) is 17.7 Å². The van der Waals surface area contributed by atoms with Gasteiger partial charge < -0.3 is 11.1 Å². The zero-order valence-corrected chi connectivity index (χ0v) is 11.7. The molecule has 0 saturated heterocycles. The number of carbonyl (C=O) groups is 1. The van der Waals surface area contributed by atoms with Gasteiger partial charge in [0, 0.05) is 10.9 Å². The summed E-state index contributed by atoms with van der Waals surface area (Å²) in [5.74, 6) is 0.598. The lowest BCUT2D eigenvalue weighted by Gasteiger charge is -2.32. The molecule has 3 unspecified atom stereocenters. The van der Waals surface area contributed by atoms with Crippen LogP contribution in [0, 0.1) is 5.92 Å². The molecule has 1 aliphatic carbocycles. The number of amides is 1. The van der Waals surface area contributed by atoms with Gasteiger partial charge in [0.15, 0.2) is 0 Å². The summed E-state index contributed by atoms with van der Waals surface area (Å²) in [5, 5.41) is 5.11. The summed E-state index contributed by atoms with van der Waals surface area (Å²) in [6, 6.07) is 3.67. The average Bonchev–Trinajstić information content (AvgIpc) is 2.92. The van der Waals surface area contributed by atoms with Crippen molar-refractivity contribution >= 4 is 17.2 Å². The summed E-state index contributed by atoms with van der Waals surface area (Å²) in [4.78, 5) is 13.1. The third kappa shape index (κ3) is 3.12. The van der Waals surface area contributed by atoms with Crippen molar-refractivity contribution in [1.29, 1.82) is 0 Å². The number of rotatable bonds is 4. The van der Waals surface area contributed by atoms with E-state index in [1.165, 1.54) is 19.3 Å². The van der Waals surface area contributed by atoms with Gasteiger partial charge in [0.05, 0.1) is 0 Å². The Labute approximate surface area is 113 Å². The summed E-state index contributed by atoms with van der Waals surface area (Å²) in [5.41, 5.74) is 5.99. The van der Waals surface area contributed by atoms with Crippen LogP contribution >= 0.6 is 11.3 Å². The molecule has 0 radical (unpaired) electrons. The van der Waals surface area contributed by atoms with Crippen molar-refractivity contribution in [3.05, 3.63) is 22.4 Å². The van der Waals surface area contributed by atoms with Crippen LogP contribution in [0.25, 0.3) is 0 Å². The fraction of sp³-hybridized carbons (Fsp3) is 0.643. The van der Waals surface area contributed by atoms with Crippen molar-refractivity contribution in [2.75, 3.05) is 0 Å². The maximum atomic E-state index is 12.1. The van der Waals surface area contributed by atoms with Gasteiger partial charge in [-0.2, -0.15) is 0 Å². The predicted molar refractivity (Wildman–Crippen MR) is 75.4 cm³/mol. The molecular weight excluding hydrogens is 244 g/mol. The molecule has 0 bridgehead atoms. The Morgan fingerprint density at radius 1 is 1.56 bits per heavy atom. The summed E-state index contributed by atoms with van der Waals surface area (Å²) in [7, 11) is 0. The molecule has 0 spiro atoms. The third-order valence-corrected chi connectivity index (χ3v) is 4.85. The number of nitrogens with two attached hydrogens (primary N) is 1. The Balaban J connectivity index is 1.93. The Morgan fingerprint density at radius 3 is 3.00 bits per heavy atom. The number of hydrogen-bond acceptors (Lipinski definition) is 3. The monoisotopic (exact) mass is 266 g/mol. The quantitative estimate of drug-likeness (QED) is 0.880. The summed E-state index contributed by atoms with van der Waals surface area (Å²) < 4.78 is 0. The fourth-order valence-corrected chi connectivity index (χ4v) is 3.48. The number of hydrogen-bond donors (Lipinski definition) is 2. The molecule has 1 aromatic rings. The second-order valence-corrected chi connectivity index (χ2v) is 6.04. The van der Waals surface area contributed by atoms with Gasteiger partial charge in [-0.1, -0.05) is 32.3 Å². The van der Waals surface area contributed by atoms with Gasteiger partial charge in [-0.25, -0.2) is 0 Å². The molecule has 0 aromatic carbocycles.